The van der Waals surface area contributed by atoms with E-state index < -0.39 is 5.60 Å². The van der Waals surface area contributed by atoms with Crippen LogP contribution in [0.5, 0.6) is 0 Å². The highest BCUT2D eigenvalue weighted by Gasteiger charge is 2.25. The number of carbonyl (C=O) groups is 1. The molecule has 1 amide bonds. The number of rotatable bonds is 9. The second-order valence-corrected chi connectivity index (χ2v) is 8.40. The number of nitrogens with zero attached hydrogens (tertiary/aromatic N) is 2. The smallest absolute Gasteiger partial charge is 0.414 e. The third-order valence-electron chi connectivity index (χ3n) is 4.25. The van der Waals surface area contributed by atoms with Crippen LogP contribution in [0.25, 0.3) is 0 Å². The van der Waals surface area contributed by atoms with Crippen molar-refractivity contribution in [2.45, 2.75) is 39.7 Å². The third-order valence-corrected chi connectivity index (χ3v) is 4.25. The molecule has 4 N–H and O–H groups in total. The second-order valence-electron chi connectivity index (χ2n) is 8.40. The van der Waals surface area contributed by atoms with E-state index in [0.29, 0.717) is 17.9 Å². The number of likely N-dealkylation sites (N-methyl/N-ethyl adjacent to an activating group) is 1. The van der Waals surface area contributed by atoms with Gasteiger partial charge in [0.05, 0.1) is 0 Å². The molecule has 1 rings (SSSR count). The first-order chi connectivity index (χ1) is 13.4. The van der Waals surface area contributed by atoms with Gasteiger partial charge in [-0.25, -0.2) is 4.79 Å². The van der Waals surface area contributed by atoms with Crippen LogP contribution in [0.4, 0.5) is 16.2 Å². The highest BCUT2D eigenvalue weighted by Crippen LogP contribution is 2.22. The molecule has 0 fully saturated rings. The molecule has 0 spiro atoms. The van der Waals surface area contributed by atoms with Crippen LogP contribution in [0.2, 0.25) is 0 Å². The lowest BCUT2D eigenvalue weighted by Gasteiger charge is -2.30. The van der Waals surface area contributed by atoms with E-state index in [2.05, 4.69) is 25.0 Å². The van der Waals surface area contributed by atoms with Crippen LogP contribution < -0.4 is 16.4 Å². The molecular formula is C23H36N4O2. The average Bonchev–Trinajstić information content (AvgIpc) is 2.61. The quantitative estimate of drug-likeness (QED) is 0.470. The number of carbonyl (C=O) groups excluding carboxylic acids is 1. The predicted molar refractivity (Wildman–Crippen MR) is 122 cm³/mol. The van der Waals surface area contributed by atoms with Gasteiger partial charge in [0.2, 0.25) is 0 Å². The number of hydrogen-bond donors (Lipinski definition) is 2. The fraction of sp³-hybridized carbons (Fsp3) is 0.435. The number of nitrogen functional groups attached to an aromatic ring is 1. The van der Waals surface area contributed by atoms with E-state index in [1.165, 1.54) is 0 Å². The number of benzene rings is 1. The van der Waals surface area contributed by atoms with E-state index in [9.17, 15) is 4.79 Å². The first-order valence-electron chi connectivity index (χ1n) is 9.77. The molecule has 6 heteroatoms. The Kier molecular flexibility index (Phi) is 8.83. The number of nitrogens with two attached hydrogens (primary N) is 2. The Labute approximate surface area is 175 Å². The second kappa shape index (κ2) is 10.6. The Morgan fingerprint density at radius 2 is 1.79 bits per heavy atom. The summed E-state index contributed by atoms with van der Waals surface area (Å²) < 4.78 is 5.61. The summed E-state index contributed by atoms with van der Waals surface area (Å²) in [6.07, 6.45) is 4.08. The minimum absolute atomic E-state index is 0.240. The maximum atomic E-state index is 12.8. The van der Waals surface area contributed by atoms with Gasteiger partial charge in [0, 0.05) is 42.9 Å². The first-order valence-corrected chi connectivity index (χ1v) is 9.77. The Morgan fingerprint density at radius 1 is 1.21 bits per heavy atom. The van der Waals surface area contributed by atoms with Gasteiger partial charge in [-0.1, -0.05) is 20.1 Å². The minimum Gasteiger partial charge on any atom is -0.443 e. The summed E-state index contributed by atoms with van der Waals surface area (Å²) in [5.74, 6) is 0.240. The molecule has 1 aromatic carbocycles. The maximum Gasteiger partial charge on any atom is 0.414 e. The van der Waals surface area contributed by atoms with Gasteiger partial charge in [-0.3, -0.25) is 4.90 Å². The van der Waals surface area contributed by atoms with E-state index in [1.807, 2.05) is 46.0 Å². The molecule has 0 saturated heterocycles. The van der Waals surface area contributed by atoms with E-state index in [-0.39, 0.29) is 12.0 Å². The lowest BCUT2D eigenvalue weighted by atomic mass is 10.1. The number of ether oxygens (including phenoxy) is 1. The first kappa shape index (κ1) is 24.1. The van der Waals surface area contributed by atoms with Crippen molar-refractivity contribution in [3.8, 4) is 0 Å². The highest BCUT2D eigenvalue weighted by molar-refractivity contribution is 5.88. The molecule has 0 radical (unpaired) electrons. The van der Waals surface area contributed by atoms with Crippen LogP contribution in [0.1, 0.15) is 34.1 Å². The van der Waals surface area contributed by atoms with Gasteiger partial charge in [0.1, 0.15) is 5.60 Å². The molecule has 1 unspecified atom stereocenters. The number of anilines is 2. The molecule has 160 valence electrons. The molecule has 0 aliphatic rings. The van der Waals surface area contributed by atoms with Crippen molar-refractivity contribution in [2.75, 3.05) is 30.8 Å². The molecule has 0 aliphatic heterocycles. The van der Waals surface area contributed by atoms with Crippen molar-refractivity contribution in [3.05, 3.63) is 61.0 Å². The SMILES string of the molecule is C=C(N)/C=C\C(=C)N(C)CCC(C)CN(C(=O)OC(C)(C)C)c1ccc(N)cc1. The molecule has 0 saturated carbocycles. The van der Waals surface area contributed by atoms with Crippen molar-refractivity contribution in [1.82, 2.24) is 4.90 Å². The molecule has 1 aromatic rings. The summed E-state index contributed by atoms with van der Waals surface area (Å²) in [7, 11) is 1.98. The molecule has 1 atom stereocenters. The number of allylic oxidation sites excluding steroid dienone is 2. The topological polar surface area (TPSA) is 84.8 Å². The summed E-state index contributed by atoms with van der Waals surface area (Å²) >= 11 is 0. The van der Waals surface area contributed by atoms with Crippen molar-refractivity contribution >= 4 is 17.5 Å². The monoisotopic (exact) mass is 400 g/mol. The molecule has 0 bridgehead atoms. The van der Waals surface area contributed by atoms with Crippen molar-refractivity contribution in [2.24, 2.45) is 11.7 Å². The molecule has 0 aliphatic carbocycles. The van der Waals surface area contributed by atoms with Crippen molar-refractivity contribution in [3.63, 3.8) is 0 Å². The van der Waals surface area contributed by atoms with Gasteiger partial charge in [-0.05, 0) is 69.5 Å². The molecule has 0 aromatic heterocycles. The normalized spacial score (nSPS) is 12.4. The zero-order valence-electron chi connectivity index (χ0n) is 18.4. The fourth-order valence-electron chi connectivity index (χ4n) is 2.55. The van der Waals surface area contributed by atoms with Gasteiger partial charge < -0.3 is 21.1 Å². The summed E-state index contributed by atoms with van der Waals surface area (Å²) in [5, 5.41) is 0. The maximum absolute atomic E-state index is 12.8. The Hall–Kier alpha value is -2.89. The van der Waals surface area contributed by atoms with Crippen molar-refractivity contribution in [1.29, 1.82) is 0 Å². The lowest BCUT2D eigenvalue weighted by Crippen LogP contribution is -2.39. The van der Waals surface area contributed by atoms with Crippen LogP contribution in [-0.4, -0.2) is 36.7 Å². The Bertz CT molecular complexity index is 732. The van der Waals surface area contributed by atoms with Gasteiger partial charge in [0.15, 0.2) is 0 Å². The van der Waals surface area contributed by atoms with Crippen LogP contribution in [-0.2, 0) is 4.74 Å². The Morgan fingerprint density at radius 3 is 2.31 bits per heavy atom. The van der Waals surface area contributed by atoms with Crippen LogP contribution in [0.15, 0.2) is 61.0 Å². The van der Waals surface area contributed by atoms with E-state index in [0.717, 1.165) is 24.4 Å². The van der Waals surface area contributed by atoms with E-state index in [1.54, 1.807) is 23.1 Å². The predicted octanol–water partition coefficient (Wildman–Crippen LogP) is 4.51. The van der Waals surface area contributed by atoms with Crippen LogP contribution >= 0.6 is 0 Å². The van der Waals surface area contributed by atoms with E-state index in [4.69, 9.17) is 16.2 Å². The number of hydrogen-bond acceptors (Lipinski definition) is 5. The summed E-state index contributed by atoms with van der Waals surface area (Å²) in [5.41, 5.74) is 13.5. The summed E-state index contributed by atoms with van der Waals surface area (Å²) in [4.78, 5) is 16.5. The molecule has 0 heterocycles. The average molecular weight is 401 g/mol. The van der Waals surface area contributed by atoms with Gasteiger partial charge in [-0.15, -0.1) is 0 Å². The largest absolute Gasteiger partial charge is 0.443 e. The Balaban J connectivity index is 2.79. The lowest BCUT2D eigenvalue weighted by molar-refractivity contribution is 0.0574. The van der Waals surface area contributed by atoms with Gasteiger partial charge >= 0.3 is 6.09 Å². The fourth-order valence-corrected chi connectivity index (χ4v) is 2.55. The summed E-state index contributed by atoms with van der Waals surface area (Å²) in [6, 6.07) is 7.24. The molecule has 29 heavy (non-hydrogen) atoms. The standard InChI is InChI=1S/C23H36N4O2/c1-17(14-15-26(7)19(3)9-8-18(2)24)16-27(22(28)29-23(4,5)6)21-12-10-20(25)11-13-21/h8-13,17H,2-3,14-16,24-25H2,1,4-7H3/b9-8-. The van der Waals surface area contributed by atoms with Gasteiger partial charge in [0.25, 0.3) is 0 Å². The number of amides is 1. The van der Waals surface area contributed by atoms with Gasteiger partial charge in [-0.2, -0.15) is 0 Å². The zero-order valence-corrected chi connectivity index (χ0v) is 18.4. The zero-order chi connectivity index (χ0) is 22.2. The van der Waals surface area contributed by atoms with Crippen LogP contribution in [0.3, 0.4) is 0 Å². The van der Waals surface area contributed by atoms with E-state index >= 15 is 0 Å². The summed E-state index contributed by atoms with van der Waals surface area (Å²) in [6.45, 7) is 16.7. The van der Waals surface area contributed by atoms with Crippen LogP contribution in [0, 0.1) is 5.92 Å². The minimum atomic E-state index is -0.566. The molecule has 6 nitrogen and oxygen atoms in total. The highest BCUT2D eigenvalue weighted by atomic mass is 16.6. The molecular weight excluding hydrogens is 364 g/mol. The van der Waals surface area contributed by atoms with Crippen molar-refractivity contribution < 1.29 is 9.53 Å². The third kappa shape index (κ3) is 9.23.